The van der Waals surface area contributed by atoms with E-state index in [2.05, 4.69) is 0 Å². The van der Waals surface area contributed by atoms with Crippen molar-refractivity contribution in [3.63, 3.8) is 0 Å². The first-order valence-corrected chi connectivity index (χ1v) is 29.7. The molecule has 0 unspecified atom stereocenters. The van der Waals surface area contributed by atoms with E-state index in [1.807, 2.05) is 0 Å². The first-order chi connectivity index (χ1) is 35.8. The lowest BCUT2D eigenvalue weighted by molar-refractivity contribution is -0.150. The van der Waals surface area contributed by atoms with Gasteiger partial charge in [-0.05, 0) is 97.1 Å². The van der Waals surface area contributed by atoms with Crippen molar-refractivity contribution < 1.29 is 64.0 Å². The molecular weight excluding hydrogens is 1020 g/mol. The van der Waals surface area contributed by atoms with Crippen LogP contribution in [0.1, 0.15) is 0 Å². The van der Waals surface area contributed by atoms with Crippen LogP contribution in [0.3, 0.4) is 0 Å². The number of hydrogen-bond donors (Lipinski definition) is 0. The molecule has 2 amide bonds. The van der Waals surface area contributed by atoms with Crippen molar-refractivity contribution in [2.75, 3.05) is 25.1 Å². The summed E-state index contributed by atoms with van der Waals surface area (Å²) in [4.78, 5) is 32.4. The third-order valence-corrected chi connectivity index (χ3v) is 16.7. The van der Waals surface area contributed by atoms with E-state index < -0.39 is 67.3 Å². The molecule has 74 heavy (non-hydrogen) atoms. The normalized spacial score (nSPS) is 11.5. The van der Waals surface area contributed by atoms with Crippen LogP contribution in [0, 0.1) is 0 Å². The predicted octanol–water partition coefficient (Wildman–Crippen LogP) is 13.9. The Hall–Kier alpha value is -7.98. The topological polar surface area (TPSA) is 183 Å². The molecule has 0 bridgehead atoms. The van der Waals surface area contributed by atoms with Gasteiger partial charge in [-0.15, -0.1) is 0 Å². The minimum absolute atomic E-state index is 0.0468. The van der Waals surface area contributed by atoms with E-state index in [1.54, 1.807) is 146 Å². The Kier molecular flexibility index (Phi) is 17.4. The standard InChI is InChI=1S/C54H48N2O14P4/c57-53(55(41-71(59,63-45-25-9-1-10-26-45)64-46-27-11-2-12-28-46)42-72(60,65-47-29-13-3-14-30-47)66-48-31-15-4-16-32-48)54(58)56(43-73(61,67-49-33-17-5-18-34-49)68-50-35-19-6-20-36-50)44-74(62,69-51-37-21-7-22-38-51)70-52-39-23-8-24-40-52/h1-40H,41-44H2. The van der Waals surface area contributed by atoms with E-state index in [-0.39, 0.29) is 46.0 Å². The summed E-state index contributed by atoms with van der Waals surface area (Å²) in [6.45, 7) is 0. The maximum atomic E-state index is 15.6. The number of hydrogen-bond acceptors (Lipinski definition) is 14. The molecule has 8 aromatic rings. The van der Waals surface area contributed by atoms with Gasteiger partial charge >= 0.3 is 42.2 Å². The quantitative estimate of drug-likeness (QED) is 0.0411. The molecule has 0 saturated carbocycles. The van der Waals surface area contributed by atoms with Crippen LogP contribution in [0.2, 0.25) is 0 Å². The lowest BCUT2D eigenvalue weighted by Gasteiger charge is -2.33. The molecule has 0 aromatic heterocycles. The van der Waals surface area contributed by atoms with Crippen LogP contribution < -0.4 is 36.2 Å². The zero-order valence-electron chi connectivity index (χ0n) is 39.3. The number of nitrogens with zero attached hydrogens (tertiary/aromatic N) is 2. The number of amides is 2. The minimum atomic E-state index is -4.77. The van der Waals surface area contributed by atoms with E-state index in [1.165, 1.54) is 97.1 Å². The lowest BCUT2D eigenvalue weighted by Crippen LogP contribution is -2.48. The van der Waals surface area contributed by atoms with Crippen molar-refractivity contribution in [2.45, 2.75) is 0 Å². The zero-order valence-corrected chi connectivity index (χ0v) is 42.9. The van der Waals surface area contributed by atoms with Crippen LogP contribution in [0.5, 0.6) is 46.0 Å². The second kappa shape index (κ2) is 24.6. The van der Waals surface area contributed by atoms with Crippen molar-refractivity contribution in [2.24, 2.45) is 0 Å². The summed E-state index contributed by atoms with van der Waals surface area (Å²) in [6.07, 6.45) is -4.36. The van der Waals surface area contributed by atoms with Crippen LogP contribution in [-0.2, 0) is 27.8 Å². The number of benzene rings is 8. The van der Waals surface area contributed by atoms with Crippen LogP contribution in [0.25, 0.3) is 0 Å². The Morgan fingerprint density at radius 3 is 0.486 bits per heavy atom. The summed E-state index contributed by atoms with van der Waals surface area (Å²) in [5.74, 6) is -2.76. The van der Waals surface area contributed by atoms with Gasteiger partial charge in [0.1, 0.15) is 71.1 Å². The van der Waals surface area contributed by atoms with Crippen LogP contribution in [-0.4, -0.2) is 46.8 Å². The predicted molar refractivity (Wildman–Crippen MR) is 280 cm³/mol. The van der Waals surface area contributed by atoms with Gasteiger partial charge in [-0.2, -0.15) is 0 Å². The van der Waals surface area contributed by atoms with E-state index in [9.17, 15) is 0 Å². The molecule has 0 spiro atoms. The summed E-state index contributed by atoms with van der Waals surface area (Å²) in [5.41, 5.74) is 0. The largest absolute Gasteiger partial charge is 0.450 e. The fourth-order valence-corrected chi connectivity index (χ4v) is 14.0. The van der Waals surface area contributed by atoms with Crippen molar-refractivity contribution in [1.82, 2.24) is 9.80 Å². The molecule has 16 nitrogen and oxygen atoms in total. The van der Waals surface area contributed by atoms with E-state index >= 15 is 27.8 Å². The maximum Gasteiger partial charge on any atom is 0.450 e. The summed E-state index contributed by atoms with van der Waals surface area (Å²) in [7, 11) is -19.1. The summed E-state index contributed by atoms with van der Waals surface area (Å²) < 4.78 is 110. The molecule has 0 aliphatic carbocycles. The van der Waals surface area contributed by atoms with Gasteiger partial charge in [0.15, 0.2) is 0 Å². The Morgan fingerprint density at radius 2 is 0.365 bits per heavy atom. The summed E-state index contributed by atoms with van der Waals surface area (Å²) >= 11 is 0. The van der Waals surface area contributed by atoms with E-state index in [0.29, 0.717) is 9.80 Å². The number of para-hydroxylation sites is 8. The third kappa shape index (κ3) is 15.5. The fourth-order valence-electron chi connectivity index (χ4n) is 6.89. The van der Waals surface area contributed by atoms with Crippen molar-refractivity contribution in [3.05, 3.63) is 243 Å². The van der Waals surface area contributed by atoms with Gasteiger partial charge in [-0.1, -0.05) is 146 Å². The average molecular weight is 1070 g/mol. The SMILES string of the molecule is O=C(C(=O)N(CP(=O)(Oc1ccccc1)Oc1ccccc1)CP(=O)(Oc1ccccc1)Oc1ccccc1)N(CP(=O)(Oc1ccccc1)Oc1ccccc1)CP(=O)(Oc1ccccc1)Oc1ccccc1. The Balaban J connectivity index is 1.26. The molecule has 0 heterocycles. The van der Waals surface area contributed by atoms with Gasteiger partial charge in [0.2, 0.25) is 0 Å². The number of carbonyl (C=O) groups is 2. The highest BCUT2D eigenvalue weighted by Crippen LogP contribution is 2.56. The van der Waals surface area contributed by atoms with E-state index in [0.717, 1.165) is 0 Å². The Bertz CT molecular complexity index is 2640. The zero-order chi connectivity index (χ0) is 51.7. The van der Waals surface area contributed by atoms with Gasteiger partial charge in [0.25, 0.3) is 0 Å². The fraction of sp³-hybridized carbons (Fsp3) is 0.0741. The molecular formula is C54H48N2O14P4. The number of rotatable bonds is 24. The molecule has 0 radical (unpaired) electrons. The highest BCUT2D eigenvalue weighted by Gasteiger charge is 2.47. The molecule has 8 rings (SSSR count). The first kappa shape index (κ1) is 52.3. The lowest BCUT2D eigenvalue weighted by atomic mass is 10.3. The molecule has 0 atom stereocenters. The molecule has 0 aliphatic heterocycles. The van der Waals surface area contributed by atoms with E-state index in [4.69, 9.17) is 36.2 Å². The summed E-state index contributed by atoms with van der Waals surface area (Å²) in [6, 6.07) is 63.3. The second-order valence-corrected chi connectivity index (χ2v) is 23.4. The van der Waals surface area contributed by atoms with Crippen molar-refractivity contribution >= 4 is 42.2 Å². The molecule has 0 fully saturated rings. The average Bonchev–Trinajstić information content (AvgIpc) is 3.40. The van der Waals surface area contributed by atoms with Gasteiger partial charge in [-0.3, -0.25) is 9.59 Å². The Morgan fingerprint density at radius 1 is 0.243 bits per heavy atom. The second-order valence-electron chi connectivity index (χ2n) is 15.9. The highest BCUT2D eigenvalue weighted by atomic mass is 31.2. The van der Waals surface area contributed by atoms with Crippen molar-refractivity contribution in [3.8, 4) is 46.0 Å². The van der Waals surface area contributed by atoms with Gasteiger partial charge in [-0.25, -0.2) is 18.3 Å². The monoisotopic (exact) mass is 1070 g/mol. The van der Waals surface area contributed by atoms with Gasteiger partial charge in [0.05, 0.1) is 0 Å². The smallest absolute Gasteiger partial charge is 0.415 e. The van der Waals surface area contributed by atoms with Gasteiger partial charge in [0, 0.05) is 0 Å². The number of carbonyl (C=O) groups excluding carboxylic acids is 2. The third-order valence-electron chi connectivity index (χ3n) is 10.0. The molecule has 8 aromatic carbocycles. The molecule has 378 valence electrons. The van der Waals surface area contributed by atoms with Crippen molar-refractivity contribution in [1.29, 1.82) is 0 Å². The molecule has 0 aliphatic rings. The maximum absolute atomic E-state index is 15.6. The first-order valence-electron chi connectivity index (χ1n) is 22.7. The van der Waals surface area contributed by atoms with Crippen LogP contribution in [0.15, 0.2) is 243 Å². The Labute approximate surface area is 428 Å². The summed E-state index contributed by atoms with van der Waals surface area (Å²) in [5, 5.41) is 0. The van der Waals surface area contributed by atoms with Crippen LogP contribution >= 0.6 is 30.4 Å². The minimum Gasteiger partial charge on any atom is -0.415 e. The van der Waals surface area contributed by atoms with Gasteiger partial charge < -0.3 is 46.0 Å². The molecule has 0 N–H and O–H groups in total. The highest BCUT2D eigenvalue weighted by molar-refractivity contribution is 7.56. The molecule has 0 saturated heterocycles. The van der Waals surface area contributed by atoms with Crippen LogP contribution in [0.4, 0.5) is 0 Å². The molecule has 20 heteroatoms.